The van der Waals surface area contributed by atoms with Gasteiger partial charge in [-0.25, -0.2) is 23.5 Å². The second kappa shape index (κ2) is 8.44. The molecular weight excluding hydrogens is 454 g/mol. The molecule has 1 aliphatic carbocycles. The molecule has 0 unspecified atom stereocenters. The SMILES string of the molecule is CNC(=O)N1CCn2c(C3CC(F)(F)C3)nc(-c3cccc4cc(N5CCOCC5)ncc34)c2C1. The van der Waals surface area contributed by atoms with E-state index in [1.165, 1.54) is 0 Å². The molecule has 2 aliphatic heterocycles. The van der Waals surface area contributed by atoms with Crippen molar-refractivity contribution in [2.45, 2.75) is 37.8 Å². The molecule has 1 aromatic carbocycles. The zero-order valence-corrected chi connectivity index (χ0v) is 19.6. The Kier molecular flexibility index (Phi) is 5.36. The third kappa shape index (κ3) is 3.89. The second-order valence-electron chi connectivity index (χ2n) is 9.52. The summed E-state index contributed by atoms with van der Waals surface area (Å²) in [6.45, 7) is 4.41. The highest BCUT2D eigenvalue weighted by molar-refractivity contribution is 5.97. The first-order chi connectivity index (χ1) is 16.9. The maximum atomic E-state index is 13.7. The van der Waals surface area contributed by atoms with Crippen LogP contribution in [-0.4, -0.2) is 71.3 Å². The van der Waals surface area contributed by atoms with Gasteiger partial charge in [-0.1, -0.05) is 18.2 Å². The van der Waals surface area contributed by atoms with Gasteiger partial charge < -0.3 is 24.4 Å². The Hall–Kier alpha value is -3.27. The number of alkyl halides is 2. The summed E-state index contributed by atoms with van der Waals surface area (Å²) in [5.74, 6) is -1.29. The Morgan fingerprint density at radius 3 is 2.71 bits per heavy atom. The van der Waals surface area contributed by atoms with Crippen LogP contribution in [0.15, 0.2) is 30.5 Å². The van der Waals surface area contributed by atoms with Gasteiger partial charge in [-0.3, -0.25) is 0 Å². The van der Waals surface area contributed by atoms with Gasteiger partial charge in [0.1, 0.15) is 11.6 Å². The van der Waals surface area contributed by atoms with Crippen LogP contribution in [0.25, 0.3) is 22.0 Å². The van der Waals surface area contributed by atoms with Gasteiger partial charge in [0.05, 0.1) is 31.1 Å². The van der Waals surface area contributed by atoms with E-state index < -0.39 is 5.92 Å². The van der Waals surface area contributed by atoms with Crippen molar-refractivity contribution in [2.75, 3.05) is 44.8 Å². The molecule has 184 valence electrons. The normalized spacial score (nSPS) is 20.0. The van der Waals surface area contributed by atoms with Crippen molar-refractivity contribution in [3.63, 3.8) is 0 Å². The summed E-state index contributed by atoms with van der Waals surface area (Å²) in [6.07, 6.45) is 1.52. The number of nitrogens with one attached hydrogen (secondary N) is 1. The maximum absolute atomic E-state index is 13.7. The summed E-state index contributed by atoms with van der Waals surface area (Å²) in [7, 11) is 1.61. The number of fused-ring (bicyclic) bond motifs is 2. The minimum absolute atomic E-state index is 0.158. The van der Waals surface area contributed by atoms with Gasteiger partial charge in [0.25, 0.3) is 0 Å². The number of imidazole rings is 1. The molecule has 6 rings (SSSR count). The summed E-state index contributed by atoms with van der Waals surface area (Å²) >= 11 is 0. The quantitative estimate of drug-likeness (QED) is 0.618. The van der Waals surface area contributed by atoms with Crippen molar-refractivity contribution in [3.8, 4) is 11.3 Å². The number of carbonyl (C=O) groups is 1. The third-order valence-corrected chi connectivity index (χ3v) is 7.33. The Labute approximate surface area is 201 Å². The van der Waals surface area contributed by atoms with Gasteiger partial charge >= 0.3 is 6.03 Å². The number of amides is 2. The van der Waals surface area contributed by atoms with Crippen LogP contribution in [0.3, 0.4) is 0 Å². The van der Waals surface area contributed by atoms with Crippen molar-refractivity contribution in [1.29, 1.82) is 0 Å². The fourth-order valence-electron chi connectivity index (χ4n) is 5.43. The first-order valence-corrected chi connectivity index (χ1v) is 12.1. The lowest BCUT2D eigenvalue weighted by Gasteiger charge is -2.36. The van der Waals surface area contributed by atoms with Crippen molar-refractivity contribution in [1.82, 2.24) is 24.8 Å². The van der Waals surface area contributed by atoms with Gasteiger partial charge in [0, 0.05) is 69.1 Å². The average Bonchev–Trinajstić information content (AvgIpc) is 3.25. The molecule has 3 aromatic rings. The largest absolute Gasteiger partial charge is 0.378 e. The lowest BCUT2D eigenvalue weighted by molar-refractivity contribution is -0.0892. The molecule has 1 N–H and O–H groups in total. The maximum Gasteiger partial charge on any atom is 0.317 e. The molecule has 2 amide bonds. The Bertz CT molecular complexity index is 1280. The standard InChI is InChI=1S/C25H28F2N6O2/c1-28-24(34)32-5-6-33-20(15-32)22(30-23(33)17-12-25(26,27)13-17)18-4-2-3-16-11-21(29-14-19(16)18)31-7-9-35-10-8-31/h2-4,11,14,17H,5-10,12-13,15H2,1H3,(H,28,34). The zero-order valence-electron chi connectivity index (χ0n) is 19.6. The molecule has 1 saturated carbocycles. The molecule has 1 saturated heterocycles. The van der Waals surface area contributed by atoms with Gasteiger partial charge in [0.15, 0.2) is 0 Å². The summed E-state index contributed by atoms with van der Waals surface area (Å²) < 4.78 is 35.0. The molecular formula is C25H28F2N6O2. The summed E-state index contributed by atoms with van der Waals surface area (Å²) in [5, 5.41) is 4.68. The van der Waals surface area contributed by atoms with Crippen LogP contribution < -0.4 is 10.2 Å². The number of pyridine rings is 1. The molecule has 10 heteroatoms. The van der Waals surface area contributed by atoms with Crippen molar-refractivity contribution < 1.29 is 18.3 Å². The molecule has 0 spiro atoms. The number of carbonyl (C=O) groups excluding carboxylic acids is 1. The molecule has 8 nitrogen and oxygen atoms in total. The fourth-order valence-corrected chi connectivity index (χ4v) is 5.43. The van der Waals surface area contributed by atoms with E-state index in [2.05, 4.69) is 26.9 Å². The Balaban J connectivity index is 1.43. The van der Waals surface area contributed by atoms with Crippen molar-refractivity contribution >= 4 is 22.6 Å². The van der Waals surface area contributed by atoms with Crippen LogP contribution in [0, 0.1) is 0 Å². The number of rotatable bonds is 3. The minimum atomic E-state index is -2.63. The first-order valence-electron chi connectivity index (χ1n) is 12.1. The molecule has 0 bridgehead atoms. The van der Waals surface area contributed by atoms with E-state index in [0.717, 1.165) is 46.6 Å². The first kappa shape index (κ1) is 22.2. The van der Waals surface area contributed by atoms with E-state index in [0.29, 0.717) is 38.7 Å². The number of halogens is 2. The van der Waals surface area contributed by atoms with E-state index >= 15 is 0 Å². The minimum Gasteiger partial charge on any atom is -0.378 e. The van der Waals surface area contributed by atoms with Crippen LogP contribution in [0.5, 0.6) is 0 Å². The molecule has 35 heavy (non-hydrogen) atoms. The lowest BCUT2D eigenvalue weighted by atomic mass is 9.80. The van der Waals surface area contributed by atoms with E-state index in [9.17, 15) is 13.6 Å². The van der Waals surface area contributed by atoms with Gasteiger partial charge in [-0.05, 0) is 11.5 Å². The van der Waals surface area contributed by atoms with Crippen LogP contribution in [0.1, 0.15) is 30.3 Å². The van der Waals surface area contributed by atoms with E-state index in [1.807, 2.05) is 18.3 Å². The number of ether oxygens (including phenoxy) is 1. The third-order valence-electron chi connectivity index (χ3n) is 7.33. The summed E-state index contributed by atoms with van der Waals surface area (Å²) in [6, 6.07) is 7.96. The van der Waals surface area contributed by atoms with E-state index in [-0.39, 0.29) is 24.8 Å². The smallest absolute Gasteiger partial charge is 0.317 e. The predicted molar refractivity (Wildman–Crippen MR) is 128 cm³/mol. The summed E-state index contributed by atoms with van der Waals surface area (Å²) in [4.78, 5) is 26.0. The molecule has 0 atom stereocenters. The molecule has 0 radical (unpaired) electrons. The van der Waals surface area contributed by atoms with Gasteiger partial charge in [-0.2, -0.15) is 0 Å². The number of hydrogen-bond acceptors (Lipinski definition) is 5. The number of aromatic nitrogens is 3. The van der Waals surface area contributed by atoms with E-state index in [1.54, 1.807) is 11.9 Å². The second-order valence-corrected chi connectivity index (χ2v) is 9.52. The molecule has 2 fully saturated rings. The van der Waals surface area contributed by atoms with Crippen molar-refractivity contribution in [3.05, 3.63) is 42.0 Å². The lowest BCUT2D eigenvalue weighted by Crippen LogP contribution is -2.43. The number of anilines is 1. The van der Waals surface area contributed by atoms with Crippen LogP contribution >= 0.6 is 0 Å². The topological polar surface area (TPSA) is 75.5 Å². The highest BCUT2D eigenvalue weighted by Gasteiger charge is 2.48. The predicted octanol–water partition coefficient (Wildman–Crippen LogP) is 3.60. The zero-order chi connectivity index (χ0) is 24.2. The molecule has 3 aliphatic rings. The van der Waals surface area contributed by atoms with Gasteiger partial charge in [-0.15, -0.1) is 0 Å². The monoisotopic (exact) mass is 482 g/mol. The highest BCUT2D eigenvalue weighted by atomic mass is 19.3. The number of hydrogen-bond donors (Lipinski definition) is 1. The Morgan fingerprint density at radius 1 is 1.17 bits per heavy atom. The number of benzene rings is 1. The average molecular weight is 483 g/mol. The van der Waals surface area contributed by atoms with Crippen LogP contribution in [-0.2, 0) is 17.8 Å². The fraction of sp³-hybridized carbons (Fsp3) is 0.480. The van der Waals surface area contributed by atoms with E-state index in [4.69, 9.17) is 14.7 Å². The van der Waals surface area contributed by atoms with Crippen LogP contribution in [0.4, 0.5) is 19.4 Å². The highest BCUT2D eigenvalue weighted by Crippen LogP contribution is 2.49. The van der Waals surface area contributed by atoms with Crippen molar-refractivity contribution in [2.24, 2.45) is 0 Å². The van der Waals surface area contributed by atoms with Crippen LogP contribution in [0.2, 0.25) is 0 Å². The molecule has 2 aromatic heterocycles. The van der Waals surface area contributed by atoms with Gasteiger partial charge in [0.2, 0.25) is 5.92 Å². The Morgan fingerprint density at radius 2 is 1.97 bits per heavy atom. The number of urea groups is 1. The summed E-state index contributed by atoms with van der Waals surface area (Å²) in [5.41, 5.74) is 2.54. The molecule has 4 heterocycles. The number of nitrogens with zero attached hydrogens (tertiary/aromatic N) is 5. The number of morpholine rings is 1.